The summed E-state index contributed by atoms with van der Waals surface area (Å²) in [6.45, 7) is 0. The van der Waals surface area contributed by atoms with E-state index in [1.165, 1.54) is 56.9 Å². The van der Waals surface area contributed by atoms with Gasteiger partial charge in [-0.2, -0.15) is 0 Å². The molecule has 0 radical (unpaired) electrons. The van der Waals surface area contributed by atoms with E-state index in [4.69, 9.17) is 25.5 Å². The van der Waals surface area contributed by atoms with Gasteiger partial charge in [-0.15, -0.1) is 0 Å². The number of aliphatic hydroxyl groups excluding tert-OH is 1. The Morgan fingerprint density at radius 2 is 1.78 bits per heavy atom. The molecule has 3 aromatic rings. The number of nitrogens with zero attached hydrogens (tertiary/aromatic N) is 1. The van der Waals surface area contributed by atoms with Crippen LogP contribution in [0.1, 0.15) is 17.4 Å². The van der Waals surface area contributed by atoms with E-state index in [9.17, 15) is 19.1 Å². The predicted octanol–water partition coefficient (Wildman–Crippen LogP) is 4.72. The predicted molar refractivity (Wildman–Crippen MR) is 114 cm³/mol. The Hall–Kier alpha value is -3.78. The first-order valence-corrected chi connectivity index (χ1v) is 9.77. The molecular weight excluding hydrogens is 441 g/mol. The zero-order valence-electron chi connectivity index (χ0n) is 17.0. The van der Waals surface area contributed by atoms with E-state index >= 15 is 0 Å². The fourth-order valence-corrected chi connectivity index (χ4v) is 3.84. The van der Waals surface area contributed by atoms with E-state index in [1.54, 1.807) is 12.1 Å². The molecule has 164 valence electrons. The van der Waals surface area contributed by atoms with Crippen molar-refractivity contribution < 1.29 is 33.0 Å². The second-order valence-corrected chi connectivity index (χ2v) is 7.26. The van der Waals surface area contributed by atoms with Crippen LogP contribution in [0.15, 0.2) is 64.8 Å². The Morgan fingerprint density at radius 3 is 2.38 bits per heavy atom. The number of carbonyl (C=O) groups is 2. The third-order valence-corrected chi connectivity index (χ3v) is 5.39. The van der Waals surface area contributed by atoms with Crippen LogP contribution in [0.5, 0.6) is 11.5 Å². The number of Topliss-reactive ketones (excluding diaryl/α,β-unsaturated/α-hetero) is 1. The van der Waals surface area contributed by atoms with Gasteiger partial charge >= 0.3 is 0 Å². The summed E-state index contributed by atoms with van der Waals surface area (Å²) in [7, 11) is 2.77. The van der Waals surface area contributed by atoms with Gasteiger partial charge in [-0.05, 0) is 42.5 Å². The number of rotatable bonds is 5. The third kappa shape index (κ3) is 3.48. The van der Waals surface area contributed by atoms with Gasteiger partial charge in [-0.1, -0.05) is 11.6 Å². The average molecular weight is 458 g/mol. The summed E-state index contributed by atoms with van der Waals surface area (Å²) >= 11 is 6.14. The molecule has 1 saturated heterocycles. The van der Waals surface area contributed by atoms with Crippen molar-refractivity contribution in [2.75, 3.05) is 19.1 Å². The van der Waals surface area contributed by atoms with E-state index in [1.807, 2.05) is 0 Å². The molecule has 1 N–H and O–H groups in total. The smallest absolute Gasteiger partial charge is 0.300 e. The standard InChI is InChI=1S/C23H17ClFNO6/c1-30-17-11-15(24)18(31-2)10-14(17)21(27)19-20(16-4-3-9-32-16)26(23(29)22(19)28)13-7-5-12(25)6-8-13/h3-11,20,27H,1-2H3/b21-19+. The van der Waals surface area contributed by atoms with Crippen LogP contribution in [0.25, 0.3) is 5.76 Å². The lowest BCUT2D eigenvalue weighted by molar-refractivity contribution is -0.132. The van der Waals surface area contributed by atoms with Gasteiger partial charge in [0.2, 0.25) is 0 Å². The highest BCUT2D eigenvalue weighted by Gasteiger charge is 2.48. The number of furan rings is 1. The molecule has 1 aromatic heterocycles. The lowest BCUT2D eigenvalue weighted by Gasteiger charge is -2.23. The largest absolute Gasteiger partial charge is 0.507 e. The van der Waals surface area contributed by atoms with Crippen LogP contribution in [0.2, 0.25) is 5.02 Å². The fourth-order valence-electron chi connectivity index (χ4n) is 3.61. The van der Waals surface area contributed by atoms with Gasteiger partial charge in [0, 0.05) is 11.8 Å². The van der Waals surface area contributed by atoms with Crippen LogP contribution in [-0.2, 0) is 9.59 Å². The van der Waals surface area contributed by atoms with Crippen molar-refractivity contribution in [1.82, 2.24) is 0 Å². The number of hydrogen-bond acceptors (Lipinski definition) is 6. The van der Waals surface area contributed by atoms with Crippen LogP contribution in [-0.4, -0.2) is 31.0 Å². The maximum atomic E-state index is 13.5. The van der Waals surface area contributed by atoms with E-state index in [0.29, 0.717) is 0 Å². The quantitative estimate of drug-likeness (QED) is 0.339. The number of amides is 1. The molecule has 9 heteroatoms. The first-order valence-electron chi connectivity index (χ1n) is 9.39. The number of anilines is 1. The van der Waals surface area contributed by atoms with E-state index in [2.05, 4.69) is 0 Å². The highest BCUT2D eigenvalue weighted by molar-refractivity contribution is 6.51. The normalized spacial score (nSPS) is 17.6. The van der Waals surface area contributed by atoms with Gasteiger partial charge < -0.3 is 19.0 Å². The first kappa shape index (κ1) is 21.5. The van der Waals surface area contributed by atoms with Gasteiger partial charge in [-0.3, -0.25) is 14.5 Å². The fraction of sp³-hybridized carbons (Fsp3) is 0.130. The minimum absolute atomic E-state index is 0.0995. The maximum absolute atomic E-state index is 13.5. The summed E-state index contributed by atoms with van der Waals surface area (Å²) in [6, 6.07) is 9.95. The highest BCUT2D eigenvalue weighted by Crippen LogP contribution is 2.44. The second kappa shape index (κ2) is 8.39. The Kier molecular flexibility index (Phi) is 5.63. The van der Waals surface area contributed by atoms with Gasteiger partial charge in [0.1, 0.15) is 34.9 Å². The molecular formula is C23H17ClFNO6. The molecule has 0 spiro atoms. The van der Waals surface area contributed by atoms with E-state index < -0.39 is 29.3 Å². The summed E-state index contributed by atoms with van der Waals surface area (Å²) < 4.78 is 29.5. The lowest BCUT2D eigenvalue weighted by Crippen LogP contribution is -2.29. The summed E-state index contributed by atoms with van der Waals surface area (Å²) in [5, 5.41) is 11.4. The zero-order chi connectivity index (χ0) is 23.0. The van der Waals surface area contributed by atoms with Crippen molar-refractivity contribution in [2.45, 2.75) is 6.04 Å². The molecule has 7 nitrogen and oxygen atoms in total. The van der Waals surface area contributed by atoms with E-state index in [-0.39, 0.29) is 39.1 Å². The molecule has 0 bridgehead atoms. The van der Waals surface area contributed by atoms with Crippen molar-refractivity contribution in [2.24, 2.45) is 0 Å². The minimum Gasteiger partial charge on any atom is -0.507 e. The highest BCUT2D eigenvalue weighted by atomic mass is 35.5. The molecule has 0 saturated carbocycles. The molecule has 1 fully saturated rings. The number of ether oxygens (including phenoxy) is 2. The van der Waals surface area contributed by atoms with Crippen LogP contribution in [0.4, 0.5) is 10.1 Å². The summed E-state index contributed by atoms with van der Waals surface area (Å²) in [5.74, 6) is -2.21. The van der Waals surface area contributed by atoms with Crippen molar-refractivity contribution in [3.63, 3.8) is 0 Å². The molecule has 2 heterocycles. The molecule has 32 heavy (non-hydrogen) atoms. The van der Waals surface area contributed by atoms with Crippen LogP contribution in [0.3, 0.4) is 0 Å². The number of ketones is 1. The zero-order valence-corrected chi connectivity index (χ0v) is 17.7. The Balaban J connectivity index is 1.96. The maximum Gasteiger partial charge on any atom is 0.300 e. The molecule has 1 amide bonds. The monoisotopic (exact) mass is 457 g/mol. The van der Waals surface area contributed by atoms with Gasteiger partial charge in [0.15, 0.2) is 0 Å². The van der Waals surface area contributed by atoms with Crippen LogP contribution >= 0.6 is 11.6 Å². The van der Waals surface area contributed by atoms with Gasteiger partial charge in [0.05, 0.1) is 36.6 Å². The summed E-state index contributed by atoms with van der Waals surface area (Å²) in [4.78, 5) is 27.2. The number of carbonyl (C=O) groups excluding carboxylic acids is 2. The SMILES string of the molecule is COc1cc(/C(O)=C2\C(=O)C(=O)N(c3ccc(F)cc3)C2c2ccco2)c(OC)cc1Cl. The van der Waals surface area contributed by atoms with Crippen LogP contribution in [0, 0.1) is 5.82 Å². The second-order valence-electron chi connectivity index (χ2n) is 6.85. The number of aliphatic hydroxyl groups is 1. The number of methoxy groups -OCH3 is 2. The van der Waals surface area contributed by atoms with Gasteiger partial charge in [0.25, 0.3) is 11.7 Å². The van der Waals surface area contributed by atoms with Crippen molar-refractivity contribution >= 4 is 34.7 Å². The third-order valence-electron chi connectivity index (χ3n) is 5.09. The molecule has 1 aliphatic rings. The van der Waals surface area contributed by atoms with Crippen LogP contribution < -0.4 is 14.4 Å². The first-order chi connectivity index (χ1) is 15.4. The molecule has 1 aliphatic heterocycles. The average Bonchev–Trinajstić information content (AvgIpc) is 3.41. The minimum atomic E-state index is -1.10. The molecule has 1 atom stereocenters. The summed E-state index contributed by atoms with van der Waals surface area (Å²) in [6.07, 6.45) is 1.38. The lowest BCUT2D eigenvalue weighted by atomic mass is 9.98. The molecule has 1 unspecified atom stereocenters. The van der Waals surface area contributed by atoms with Gasteiger partial charge in [-0.25, -0.2) is 4.39 Å². The molecule has 0 aliphatic carbocycles. The number of benzene rings is 2. The van der Waals surface area contributed by atoms with Crippen molar-refractivity contribution in [3.05, 3.63) is 82.5 Å². The Morgan fingerprint density at radius 1 is 1.09 bits per heavy atom. The van der Waals surface area contributed by atoms with Crippen molar-refractivity contribution in [3.8, 4) is 11.5 Å². The summed E-state index contributed by atoms with van der Waals surface area (Å²) in [5.41, 5.74) is 0.133. The Labute approximate surface area is 187 Å². The number of halogens is 2. The van der Waals surface area contributed by atoms with E-state index in [0.717, 1.165) is 4.90 Å². The number of hydrogen-bond donors (Lipinski definition) is 1. The molecule has 4 rings (SSSR count). The topological polar surface area (TPSA) is 89.2 Å². The van der Waals surface area contributed by atoms with Crippen molar-refractivity contribution in [1.29, 1.82) is 0 Å². The Bertz CT molecular complexity index is 1220. The molecule has 2 aromatic carbocycles.